The summed E-state index contributed by atoms with van der Waals surface area (Å²) >= 11 is 0. The van der Waals surface area contributed by atoms with Gasteiger partial charge in [0.25, 0.3) is 0 Å². The predicted molar refractivity (Wildman–Crippen MR) is 93.4 cm³/mol. The van der Waals surface area contributed by atoms with Gasteiger partial charge in [-0.1, -0.05) is 18.2 Å². The number of piperazine rings is 1. The highest BCUT2D eigenvalue weighted by Gasteiger charge is 2.21. The average molecular weight is 345 g/mol. The summed E-state index contributed by atoms with van der Waals surface area (Å²) in [6.45, 7) is 4.93. The third kappa shape index (κ3) is 4.54. The molecule has 132 valence electrons. The molecule has 1 aliphatic rings. The van der Waals surface area contributed by atoms with E-state index in [0.29, 0.717) is 44.0 Å². The number of nitrogens with zero attached hydrogens (tertiary/aromatic N) is 2. The average Bonchev–Trinajstić information content (AvgIpc) is 2.59. The van der Waals surface area contributed by atoms with Gasteiger partial charge in [-0.15, -0.1) is 0 Å². The van der Waals surface area contributed by atoms with Crippen LogP contribution in [0.25, 0.3) is 0 Å². The summed E-state index contributed by atoms with van der Waals surface area (Å²) in [7, 11) is 0. The molecule has 2 amide bonds. The van der Waals surface area contributed by atoms with E-state index in [-0.39, 0.29) is 17.7 Å². The van der Waals surface area contributed by atoms with Gasteiger partial charge in [0.15, 0.2) is 0 Å². The number of amides is 2. The van der Waals surface area contributed by atoms with Crippen LogP contribution < -0.4 is 5.32 Å². The molecule has 1 aliphatic heterocycles. The second kappa shape index (κ2) is 7.61. The smallest absolute Gasteiger partial charge is 0.321 e. The van der Waals surface area contributed by atoms with E-state index in [1.807, 2.05) is 6.07 Å². The molecule has 1 fully saturated rings. The normalized spacial score (nSPS) is 15.2. The van der Waals surface area contributed by atoms with Crippen molar-refractivity contribution < 1.29 is 13.6 Å². The molecule has 1 heterocycles. The molecule has 2 aromatic carbocycles. The first-order valence-corrected chi connectivity index (χ1v) is 8.30. The van der Waals surface area contributed by atoms with Gasteiger partial charge in [0.2, 0.25) is 0 Å². The third-order valence-electron chi connectivity index (χ3n) is 4.38. The second-order valence-corrected chi connectivity index (χ2v) is 6.29. The zero-order valence-electron chi connectivity index (χ0n) is 14.1. The van der Waals surface area contributed by atoms with Crippen LogP contribution in [-0.2, 0) is 6.54 Å². The fraction of sp³-hybridized carbons (Fsp3) is 0.316. The van der Waals surface area contributed by atoms with Crippen molar-refractivity contribution in [1.82, 2.24) is 9.80 Å². The summed E-state index contributed by atoms with van der Waals surface area (Å²) in [5, 5.41) is 2.73. The lowest BCUT2D eigenvalue weighted by Gasteiger charge is -2.34. The van der Waals surface area contributed by atoms with Gasteiger partial charge in [-0.25, -0.2) is 13.6 Å². The zero-order chi connectivity index (χ0) is 17.8. The number of urea groups is 1. The van der Waals surface area contributed by atoms with Crippen LogP contribution in [0.4, 0.5) is 19.3 Å². The summed E-state index contributed by atoms with van der Waals surface area (Å²) in [4.78, 5) is 16.2. The Kier molecular flexibility index (Phi) is 5.28. The molecule has 0 aliphatic carbocycles. The molecule has 0 unspecified atom stereocenters. The van der Waals surface area contributed by atoms with Crippen molar-refractivity contribution in [2.75, 3.05) is 31.5 Å². The minimum absolute atomic E-state index is 0.228. The number of carbonyl (C=O) groups is 1. The first kappa shape index (κ1) is 17.4. The number of rotatable bonds is 3. The van der Waals surface area contributed by atoms with Crippen LogP contribution in [0.2, 0.25) is 0 Å². The van der Waals surface area contributed by atoms with Gasteiger partial charge in [0, 0.05) is 38.4 Å². The summed E-state index contributed by atoms with van der Waals surface area (Å²) in [5.41, 5.74) is 1.92. The molecule has 1 saturated heterocycles. The van der Waals surface area contributed by atoms with E-state index in [2.05, 4.69) is 10.2 Å². The number of hydrogen-bond donors (Lipinski definition) is 1. The lowest BCUT2D eigenvalue weighted by atomic mass is 10.2. The quantitative estimate of drug-likeness (QED) is 0.922. The molecule has 2 aromatic rings. The number of nitrogens with one attached hydrogen (secondary N) is 1. The molecule has 0 spiro atoms. The molecule has 1 N–H and O–H groups in total. The van der Waals surface area contributed by atoms with Crippen molar-refractivity contribution in [3.63, 3.8) is 0 Å². The molecule has 4 nitrogen and oxygen atoms in total. The standard InChI is InChI=1S/C19H21F2N3O/c1-14-5-6-17(12-18(14)21)22-19(25)24-9-7-23(8-10-24)13-15-3-2-4-16(20)11-15/h2-6,11-12H,7-10,13H2,1H3,(H,22,25). The Balaban J connectivity index is 1.51. The van der Waals surface area contributed by atoms with E-state index >= 15 is 0 Å². The lowest BCUT2D eigenvalue weighted by molar-refractivity contribution is 0.143. The first-order chi connectivity index (χ1) is 12.0. The van der Waals surface area contributed by atoms with Gasteiger partial charge in [0.05, 0.1) is 0 Å². The van der Waals surface area contributed by atoms with Crippen molar-refractivity contribution in [3.8, 4) is 0 Å². The lowest BCUT2D eigenvalue weighted by Crippen LogP contribution is -2.49. The molecule has 6 heteroatoms. The Hall–Kier alpha value is -2.47. The van der Waals surface area contributed by atoms with Crippen LogP contribution in [0.15, 0.2) is 42.5 Å². The van der Waals surface area contributed by atoms with Crippen LogP contribution in [0.3, 0.4) is 0 Å². The Labute approximate surface area is 146 Å². The van der Waals surface area contributed by atoms with E-state index < -0.39 is 0 Å². The SMILES string of the molecule is Cc1ccc(NC(=O)N2CCN(Cc3cccc(F)c3)CC2)cc1F. The molecule has 0 aromatic heterocycles. The predicted octanol–water partition coefficient (Wildman–Crippen LogP) is 3.62. The van der Waals surface area contributed by atoms with Gasteiger partial charge in [0.1, 0.15) is 11.6 Å². The summed E-state index contributed by atoms with van der Waals surface area (Å²) in [5.74, 6) is -0.571. The van der Waals surface area contributed by atoms with Gasteiger partial charge < -0.3 is 10.2 Å². The third-order valence-corrected chi connectivity index (χ3v) is 4.38. The second-order valence-electron chi connectivity index (χ2n) is 6.29. The minimum Gasteiger partial charge on any atom is -0.322 e. The van der Waals surface area contributed by atoms with E-state index in [4.69, 9.17) is 0 Å². The van der Waals surface area contributed by atoms with Crippen LogP contribution in [0.5, 0.6) is 0 Å². The molecular formula is C19H21F2N3O. The number of hydrogen-bond acceptors (Lipinski definition) is 2. The zero-order valence-corrected chi connectivity index (χ0v) is 14.1. The molecule has 0 radical (unpaired) electrons. The summed E-state index contributed by atoms with van der Waals surface area (Å²) in [6.07, 6.45) is 0. The maximum absolute atomic E-state index is 13.6. The Bertz CT molecular complexity index is 758. The highest BCUT2D eigenvalue weighted by Crippen LogP contribution is 2.15. The topological polar surface area (TPSA) is 35.6 Å². The largest absolute Gasteiger partial charge is 0.322 e. The maximum Gasteiger partial charge on any atom is 0.321 e. The number of anilines is 1. The highest BCUT2D eigenvalue weighted by molar-refractivity contribution is 5.89. The van der Waals surface area contributed by atoms with E-state index in [0.717, 1.165) is 5.56 Å². The summed E-state index contributed by atoms with van der Waals surface area (Å²) in [6, 6.07) is 11.0. The Morgan fingerprint density at radius 2 is 1.84 bits per heavy atom. The number of aryl methyl sites for hydroxylation is 1. The first-order valence-electron chi connectivity index (χ1n) is 8.30. The molecular weight excluding hydrogens is 324 g/mol. The van der Waals surface area contributed by atoms with Gasteiger partial charge in [-0.2, -0.15) is 0 Å². The van der Waals surface area contributed by atoms with Crippen molar-refractivity contribution >= 4 is 11.7 Å². The number of benzene rings is 2. The molecule has 3 rings (SSSR count). The van der Waals surface area contributed by atoms with Gasteiger partial charge in [-0.05, 0) is 42.3 Å². The molecule has 0 atom stereocenters. The van der Waals surface area contributed by atoms with Crippen LogP contribution >= 0.6 is 0 Å². The Morgan fingerprint density at radius 3 is 2.52 bits per heavy atom. The Morgan fingerprint density at radius 1 is 1.08 bits per heavy atom. The van der Waals surface area contributed by atoms with Gasteiger partial charge in [-0.3, -0.25) is 4.90 Å². The van der Waals surface area contributed by atoms with E-state index in [9.17, 15) is 13.6 Å². The number of halogens is 2. The fourth-order valence-corrected chi connectivity index (χ4v) is 2.88. The number of carbonyl (C=O) groups excluding carboxylic acids is 1. The van der Waals surface area contributed by atoms with Crippen LogP contribution in [0, 0.1) is 18.6 Å². The molecule has 0 saturated carbocycles. The van der Waals surface area contributed by atoms with Crippen molar-refractivity contribution in [1.29, 1.82) is 0 Å². The van der Waals surface area contributed by atoms with Crippen LogP contribution in [0.1, 0.15) is 11.1 Å². The van der Waals surface area contributed by atoms with Crippen LogP contribution in [-0.4, -0.2) is 42.0 Å². The van der Waals surface area contributed by atoms with E-state index in [1.54, 1.807) is 30.0 Å². The maximum atomic E-state index is 13.6. The van der Waals surface area contributed by atoms with E-state index in [1.165, 1.54) is 18.2 Å². The van der Waals surface area contributed by atoms with Crippen molar-refractivity contribution in [2.24, 2.45) is 0 Å². The highest BCUT2D eigenvalue weighted by atomic mass is 19.1. The van der Waals surface area contributed by atoms with Crippen molar-refractivity contribution in [2.45, 2.75) is 13.5 Å². The van der Waals surface area contributed by atoms with Crippen molar-refractivity contribution in [3.05, 3.63) is 65.2 Å². The molecule has 25 heavy (non-hydrogen) atoms. The summed E-state index contributed by atoms with van der Waals surface area (Å²) < 4.78 is 26.8. The minimum atomic E-state index is -0.335. The fourth-order valence-electron chi connectivity index (χ4n) is 2.88. The monoisotopic (exact) mass is 345 g/mol. The molecule has 0 bridgehead atoms. The van der Waals surface area contributed by atoms with Gasteiger partial charge >= 0.3 is 6.03 Å².